The van der Waals surface area contributed by atoms with Crippen LogP contribution in [0.4, 0.5) is 0 Å². The molecule has 2 N–H and O–H groups in total. The Kier molecular flexibility index (Phi) is 4.97. The van der Waals surface area contributed by atoms with Crippen molar-refractivity contribution in [1.29, 1.82) is 0 Å². The quantitative estimate of drug-likeness (QED) is 0.685. The standard InChI is InChI=1S/C13H18N2O6S2/c1-21-11-6-5-10(22(2,17)18)7-12(11)23(19,20)14-8-13(16)15-9-3-4-9/h5-7,9,14H,3-4,8H2,1-2H3,(H,15,16). The number of carbonyl (C=O) groups excluding carboxylic acids is 1. The van der Waals surface area contributed by atoms with E-state index >= 15 is 0 Å². The zero-order chi connectivity index (χ0) is 17.3. The lowest BCUT2D eigenvalue weighted by atomic mass is 10.3. The molecule has 128 valence electrons. The summed E-state index contributed by atoms with van der Waals surface area (Å²) in [6, 6.07) is 3.65. The van der Waals surface area contributed by atoms with Crippen molar-refractivity contribution in [2.24, 2.45) is 0 Å². The molecule has 8 nitrogen and oxygen atoms in total. The van der Waals surface area contributed by atoms with Gasteiger partial charge in [0.15, 0.2) is 9.84 Å². The Morgan fingerprint density at radius 1 is 1.26 bits per heavy atom. The van der Waals surface area contributed by atoms with E-state index in [4.69, 9.17) is 4.74 Å². The summed E-state index contributed by atoms with van der Waals surface area (Å²) in [5, 5.41) is 2.65. The molecule has 0 unspecified atom stereocenters. The van der Waals surface area contributed by atoms with Gasteiger partial charge in [-0.3, -0.25) is 4.79 Å². The van der Waals surface area contributed by atoms with Gasteiger partial charge in [-0.05, 0) is 31.0 Å². The summed E-state index contributed by atoms with van der Waals surface area (Å²) in [6.45, 7) is -0.426. The van der Waals surface area contributed by atoms with Crippen LogP contribution in [0.5, 0.6) is 5.75 Å². The van der Waals surface area contributed by atoms with Gasteiger partial charge < -0.3 is 10.1 Å². The van der Waals surface area contributed by atoms with Crippen molar-refractivity contribution in [3.05, 3.63) is 18.2 Å². The number of ether oxygens (including phenoxy) is 1. The second-order valence-electron chi connectivity index (χ2n) is 5.25. The van der Waals surface area contributed by atoms with Crippen LogP contribution in [0.1, 0.15) is 12.8 Å². The number of amides is 1. The minimum atomic E-state index is -4.10. The average Bonchev–Trinajstić information content (AvgIpc) is 3.27. The van der Waals surface area contributed by atoms with Gasteiger partial charge in [-0.2, -0.15) is 0 Å². The number of rotatable bonds is 7. The van der Waals surface area contributed by atoms with Gasteiger partial charge >= 0.3 is 0 Å². The second-order valence-corrected chi connectivity index (χ2v) is 9.00. The lowest BCUT2D eigenvalue weighted by Crippen LogP contribution is -2.37. The first-order chi connectivity index (χ1) is 10.6. The molecule has 0 radical (unpaired) electrons. The van der Waals surface area contributed by atoms with Crippen LogP contribution >= 0.6 is 0 Å². The fourth-order valence-corrected chi connectivity index (χ4v) is 3.74. The smallest absolute Gasteiger partial charge is 0.244 e. The third kappa shape index (κ3) is 4.66. The van der Waals surface area contributed by atoms with Gasteiger partial charge in [-0.25, -0.2) is 21.6 Å². The first-order valence-electron chi connectivity index (χ1n) is 6.80. The summed E-state index contributed by atoms with van der Waals surface area (Å²) < 4.78 is 54.9. The van der Waals surface area contributed by atoms with Crippen molar-refractivity contribution in [2.45, 2.75) is 28.7 Å². The maximum absolute atomic E-state index is 12.3. The first-order valence-corrected chi connectivity index (χ1v) is 10.2. The number of sulfonamides is 1. The molecule has 0 heterocycles. The Morgan fingerprint density at radius 2 is 1.91 bits per heavy atom. The van der Waals surface area contributed by atoms with Crippen molar-refractivity contribution >= 4 is 25.8 Å². The van der Waals surface area contributed by atoms with Gasteiger partial charge in [-0.1, -0.05) is 0 Å². The highest BCUT2D eigenvalue weighted by atomic mass is 32.2. The molecule has 1 saturated carbocycles. The predicted octanol–water partition coefficient (Wildman–Crippen LogP) is -0.344. The SMILES string of the molecule is COc1ccc(S(C)(=O)=O)cc1S(=O)(=O)NCC(=O)NC1CC1. The van der Waals surface area contributed by atoms with E-state index in [2.05, 4.69) is 10.0 Å². The van der Waals surface area contributed by atoms with Gasteiger partial charge in [0.1, 0.15) is 10.6 Å². The van der Waals surface area contributed by atoms with Crippen LogP contribution in [-0.2, 0) is 24.7 Å². The highest BCUT2D eigenvalue weighted by Crippen LogP contribution is 2.26. The lowest BCUT2D eigenvalue weighted by molar-refractivity contribution is -0.120. The highest BCUT2D eigenvalue weighted by Gasteiger charge is 2.26. The van der Waals surface area contributed by atoms with Crippen LogP contribution in [0, 0.1) is 0 Å². The number of carbonyl (C=O) groups is 1. The maximum Gasteiger partial charge on any atom is 0.244 e. The average molecular weight is 362 g/mol. The molecule has 23 heavy (non-hydrogen) atoms. The number of methoxy groups -OCH3 is 1. The van der Waals surface area contributed by atoms with Gasteiger partial charge in [0.25, 0.3) is 0 Å². The molecule has 1 aliphatic carbocycles. The normalized spacial score (nSPS) is 15.2. The summed E-state index contributed by atoms with van der Waals surface area (Å²) in [7, 11) is -6.40. The van der Waals surface area contributed by atoms with Crippen molar-refractivity contribution in [1.82, 2.24) is 10.0 Å². The van der Waals surface area contributed by atoms with E-state index in [9.17, 15) is 21.6 Å². The van der Waals surface area contributed by atoms with Crippen LogP contribution in [-0.4, -0.2) is 48.7 Å². The van der Waals surface area contributed by atoms with Crippen molar-refractivity contribution in [3.8, 4) is 5.75 Å². The zero-order valence-corrected chi connectivity index (χ0v) is 14.3. The summed E-state index contributed by atoms with van der Waals surface area (Å²) in [5.41, 5.74) is 0. The molecule has 0 spiro atoms. The Bertz CT molecular complexity index is 813. The van der Waals surface area contributed by atoms with E-state index in [-0.39, 0.29) is 21.6 Å². The molecule has 1 amide bonds. The Balaban J connectivity index is 2.24. The molecule has 1 fully saturated rings. The lowest BCUT2D eigenvalue weighted by Gasteiger charge is -2.12. The third-order valence-corrected chi connectivity index (χ3v) is 5.75. The van der Waals surface area contributed by atoms with Crippen LogP contribution in [0.2, 0.25) is 0 Å². The van der Waals surface area contributed by atoms with E-state index < -0.39 is 32.3 Å². The number of hydrogen-bond donors (Lipinski definition) is 2. The molecule has 1 aromatic carbocycles. The molecule has 0 bridgehead atoms. The van der Waals surface area contributed by atoms with Crippen molar-refractivity contribution in [3.63, 3.8) is 0 Å². The molecule has 0 atom stereocenters. The van der Waals surface area contributed by atoms with Gasteiger partial charge in [-0.15, -0.1) is 0 Å². The number of sulfone groups is 1. The Morgan fingerprint density at radius 3 is 2.43 bits per heavy atom. The fourth-order valence-electron chi connectivity index (χ4n) is 1.84. The summed E-state index contributed by atoms with van der Waals surface area (Å²) in [6.07, 6.45) is 2.76. The molecule has 1 aliphatic rings. The number of nitrogens with one attached hydrogen (secondary N) is 2. The monoisotopic (exact) mass is 362 g/mol. The molecule has 0 saturated heterocycles. The predicted molar refractivity (Wildman–Crippen MR) is 82.5 cm³/mol. The molecular weight excluding hydrogens is 344 g/mol. The minimum Gasteiger partial charge on any atom is -0.495 e. The van der Waals surface area contributed by atoms with E-state index in [1.54, 1.807) is 0 Å². The second kappa shape index (κ2) is 6.46. The van der Waals surface area contributed by atoms with Crippen LogP contribution in [0.3, 0.4) is 0 Å². The summed E-state index contributed by atoms with van der Waals surface area (Å²) in [5.74, 6) is -0.443. The minimum absolute atomic E-state index is 0.00694. The summed E-state index contributed by atoms with van der Waals surface area (Å²) >= 11 is 0. The van der Waals surface area contributed by atoms with Gasteiger partial charge in [0.05, 0.1) is 18.6 Å². The highest BCUT2D eigenvalue weighted by molar-refractivity contribution is 7.91. The van der Waals surface area contributed by atoms with Crippen LogP contribution in [0.25, 0.3) is 0 Å². The van der Waals surface area contributed by atoms with Crippen molar-refractivity contribution < 1.29 is 26.4 Å². The first kappa shape index (κ1) is 17.7. The van der Waals surface area contributed by atoms with Crippen LogP contribution < -0.4 is 14.8 Å². The molecular formula is C13H18N2O6S2. The Hall–Kier alpha value is -1.65. The molecule has 0 aromatic heterocycles. The zero-order valence-electron chi connectivity index (χ0n) is 12.7. The number of hydrogen-bond acceptors (Lipinski definition) is 6. The Labute approximate surface area is 135 Å². The number of benzene rings is 1. The van der Waals surface area contributed by atoms with Gasteiger partial charge in [0.2, 0.25) is 15.9 Å². The fraction of sp³-hybridized carbons (Fsp3) is 0.462. The van der Waals surface area contributed by atoms with E-state index in [1.165, 1.54) is 19.2 Å². The summed E-state index contributed by atoms with van der Waals surface area (Å²) in [4.78, 5) is 11.1. The molecule has 1 aromatic rings. The largest absolute Gasteiger partial charge is 0.495 e. The van der Waals surface area contributed by atoms with Crippen LogP contribution in [0.15, 0.2) is 28.0 Å². The van der Waals surface area contributed by atoms with E-state index in [0.29, 0.717) is 0 Å². The third-order valence-electron chi connectivity index (χ3n) is 3.22. The van der Waals surface area contributed by atoms with Gasteiger partial charge in [0, 0.05) is 12.3 Å². The molecule has 10 heteroatoms. The topological polar surface area (TPSA) is 119 Å². The maximum atomic E-state index is 12.3. The van der Waals surface area contributed by atoms with Crippen molar-refractivity contribution in [2.75, 3.05) is 19.9 Å². The molecule has 0 aliphatic heterocycles. The van der Waals surface area contributed by atoms with E-state index in [0.717, 1.165) is 25.2 Å². The van der Waals surface area contributed by atoms with E-state index in [1.807, 2.05) is 0 Å². The molecule has 2 rings (SSSR count).